The Bertz CT molecular complexity index is 3130. The zero-order valence-electron chi connectivity index (χ0n) is 32.0. The molecular formula is C52H36N6. The first-order chi connectivity index (χ1) is 28.5. The highest BCUT2D eigenvalue weighted by Crippen LogP contribution is 2.51. The Kier molecular flexibility index (Phi) is 7.73. The van der Waals surface area contributed by atoms with Crippen LogP contribution in [0.4, 0.5) is 0 Å². The lowest BCUT2D eigenvalue weighted by molar-refractivity contribution is 0.658. The fraction of sp³-hybridized carbons (Fsp3) is 0.0577. The van der Waals surface area contributed by atoms with Crippen molar-refractivity contribution in [1.29, 1.82) is 0 Å². The maximum atomic E-state index is 5.51. The van der Waals surface area contributed by atoms with Crippen LogP contribution < -0.4 is 0 Å². The normalized spacial score (nSPS) is 12.8. The lowest BCUT2D eigenvalue weighted by Gasteiger charge is -2.24. The van der Waals surface area contributed by atoms with E-state index in [1.165, 1.54) is 10.9 Å². The monoisotopic (exact) mass is 744 g/mol. The molecule has 0 saturated heterocycles. The van der Waals surface area contributed by atoms with Crippen molar-refractivity contribution in [3.63, 3.8) is 0 Å². The van der Waals surface area contributed by atoms with Crippen LogP contribution in [0.25, 0.3) is 95.6 Å². The average molecular weight is 745 g/mol. The molecule has 58 heavy (non-hydrogen) atoms. The van der Waals surface area contributed by atoms with Crippen LogP contribution in [0.1, 0.15) is 25.0 Å². The summed E-state index contributed by atoms with van der Waals surface area (Å²) in [5, 5.41) is 2.34. The van der Waals surface area contributed by atoms with Gasteiger partial charge < -0.3 is 4.57 Å². The van der Waals surface area contributed by atoms with Gasteiger partial charge >= 0.3 is 0 Å². The second-order valence-electron chi connectivity index (χ2n) is 15.3. The molecule has 1 aliphatic rings. The van der Waals surface area contributed by atoms with Crippen molar-refractivity contribution in [2.45, 2.75) is 19.3 Å². The molecule has 0 unspecified atom stereocenters. The lowest BCUT2D eigenvalue weighted by atomic mass is 9.80. The van der Waals surface area contributed by atoms with Crippen molar-refractivity contribution in [2.75, 3.05) is 0 Å². The van der Waals surface area contributed by atoms with E-state index in [-0.39, 0.29) is 5.41 Å². The van der Waals surface area contributed by atoms with Crippen molar-refractivity contribution in [1.82, 2.24) is 29.5 Å². The highest BCUT2D eigenvalue weighted by molar-refractivity contribution is 6.10. The Balaban J connectivity index is 1.11. The van der Waals surface area contributed by atoms with Crippen molar-refractivity contribution in [3.8, 4) is 73.8 Å². The molecule has 0 spiro atoms. The van der Waals surface area contributed by atoms with Crippen LogP contribution >= 0.6 is 0 Å². The number of aromatic nitrogens is 6. The molecule has 0 N–H and O–H groups in total. The minimum atomic E-state index is -0.336. The highest BCUT2D eigenvalue weighted by Gasteiger charge is 2.40. The number of benzene rings is 7. The van der Waals surface area contributed by atoms with Gasteiger partial charge in [0.1, 0.15) is 0 Å². The second-order valence-corrected chi connectivity index (χ2v) is 15.3. The Morgan fingerprint density at radius 3 is 1.62 bits per heavy atom. The van der Waals surface area contributed by atoms with Crippen LogP contribution in [0.3, 0.4) is 0 Å². The van der Waals surface area contributed by atoms with E-state index < -0.39 is 0 Å². The molecular weight excluding hydrogens is 709 g/mol. The number of rotatable bonds is 6. The van der Waals surface area contributed by atoms with E-state index in [1.807, 2.05) is 60.7 Å². The Morgan fingerprint density at radius 1 is 0.379 bits per heavy atom. The molecule has 7 aromatic carbocycles. The molecule has 0 fully saturated rings. The molecule has 0 amide bonds. The van der Waals surface area contributed by atoms with Crippen LogP contribution in [-0.2, 0) is 5.41 Å². The Hall–Kier alpha value is -7.57. The third-order valence-corrected chi connectivity index (χ3v) is 11.4. The van der Waals surface area contributed by atoms with E-state index in [0.29, 0.717) is 23.3 Å². The summed E-state index contributed by atoms with van der Waals surface area (Å²) in [6, 6.07) is 63.0. The van der Waals surface area contributed by atoms with Gasteiger partial charge in [0.25, 0.3) is 0 Å². The van der Waals surface area contributed by atoms with Crippen molar-refractivity contribution < 1.29 is 0 Å². The molecule has 0 bridgehead atoms. The molecule has 3 heterocycles. The lowest BCUT2D eigenvalue weighted by Crippen LogP contribution is -2.17. The largest absolute Gasteiger partial charge is 0.309 e. The molecule has 0 saturated carbocycles. The number of hydrogen-bond donors (Lipinski definition) is 0. The molecule has 1 aliphatic carbocycles. The smallest absolute Gasteiger partial charge is 0.164 e. The summed E-state index contributed by atoms with van der Waals surface area (Å²) in [6.45, 7) is 4.56. The van der Waals surface area contributed by atoms with Gasteiger partial charge in [-0.1, -0.05) is 153 Å². The van der Waals surface area contributed by atoms with Gasteiger partial charge in [0.05, 0.1) is 22.4 Å². The zero-order valence-corrected chi connectivity index (χ0v) is 32.0. The summed E-state index contributed by atoms with van der Waals surface area (Å²) in [5.41, 5.74) is 13.1. The highest BCUT2D eigenvalue weighted by atomic mass is 15.0. The number of nitrogens with zero attached hydrogens (tertiary/aromatic N) is 6. The second kappa shape index (κ2) is 13.3. The first kappa shape index (κ1) is 33.7. The van der Waals surface area contributed by atoms with E-state index in [4.69, 9.17) is 24.9 Å². The van der Waals surface area contributed by atoms with Gasteiger partial charge in [-0.3, -0.25) is 0 Å². The van der Waals surface area contributed by atoms with E-state index >= 15 is 0 Å². The predicted molar refractivity (Wildman–Crippen MR) is 234 cm³/mol. The maximum absolute atomic E-state index is 5.51. The first-order valence-electron chi connectivity index (χ1n) is 19.6. The zero-order chi connectivity index (χ0) is 38.8. The molecule has 274 valence electrons. The van der Waals surface area contributed by atoms with Crippen LogP contribution in [0.5, 0.6) is 0 Å². The summed E-state index contributed by atoms with van der Waals surface area (Å²) in [4.78, 5) is 26.0. The van der Waals surface area contributed by atoms with Gasteiger partial charge in [0, 0.05) is 60.8 Å². The molecule has 11 rings (SSSR count). The van der Waals surface area contributed by atoms with Crippen molar-refractivity contribution in [3.05, 3.63) is 193 Å². The molecule has 6 heteroatoms. The summed E-state index contributed by atoms with van der Waals surface area (Å²) < 4.78 is 2.33. The number of hydrogen-bond acceptors (Lipinski definition) is 5. The first-order valence-corrected chi connectivity index (χ1v) is 19.6. The third kappa shape index (κ3) is 5.45. The number of fused-ring (bicyclic) bond motifs is 6. The van der Waals surface area contributed by atoms with Crippen LogP contribution in [0, 0.1) is 0 Å². The van der Waals surface area contributed by atoms with Crippen LogP contribution in [-0.4, -0.2) is 29.5 Å². The Labute approximate surface area is 336 Å². The van der Waals surface area contributed by atoms with E-state index in [2.05, 4.69) is 140 Å². The predicted octanol–water partition coefficient (Wildman–Crippen LogP) is 12.4. The maximum Gasteiger partial charge on any atom is 0.164 e. The van der Waals surface area contributed by atoms with Crippen molar-refractivity contribution in [2.24, 2.45) is 0 Å². The topological polar surface area (TPSA) is 69.4 Å². The average Bonchev–Trinajstić information content (AvgIpc) is 3.74. The molecule has 0 radical (unpaired) electrons. The van der Waals surface area contributed by atoms with E-state index in [9.17, 15) is 0 Å². The van der Waals surface area contributed by atoms with Gasteiger partial charge in [-0.2, -0.15) is 0 Å². The molecule has 0 atom stereocenters. The van der Waals surface area contributed by atoms with E-state index in [0.717, 1.165) is 72.4 Å². The SMILES string of the molecule is CC1(C)c2ccccc2-c2nc(-c3ccc4c(c3)c3ccccc3n4-c3ccccc3)nc(-c3cccc(-c4nc(-c5ccccc5)nc(-c5ccccc5)n4)c3)c21. The van der Waals surface area contributed by atoms with Gasteiger partial charge in [0.15, 0.2) is 23.3 Å². The molecule has 10 aromatic rings. The van der Waals surface area contributed by atoms with Gasteiger partial charge in [-0.05, 0) is 48.0 Å². The van der Waals surface area contributed by atoms with Gasteiger partial charge in [0.2, 0.25) is 0 Å². The summed E-state index contributed by atoms with van der Waals surface area (Å²) in [7, 11) is 0. The number of para-hydroxylation sites is 2. The summed E-state index contributed by atoms with van der Waals surface area (Å²) >= 11 is 0. The Morgan fingerprint density at radius 2 is 0.897 bits per heavy atom. The summed E-state index contributed by atoms with van der Waals surface area (Å²) in [6.07, 6.45) is 0. The third-order valence-electron chi connectivity index (χ3n) is 11.4. The van der Waals surface area contributed by atoms with Gasteiger partial charge in [-0.15, -0.1) is 0 Å². The summed E-state index contributed by atoms with van der Waals surface area (Å²) in [5.74, 6) is 2.53. The molecule has 6 nitrogen and oxygen atoms in total. The van der Waals surface area contributed by atoms with Crippen LogP contribution in [0.2, 0.25) is 0 Å². The van der Waals surface area contributed by atoms with E-state index in [1.54, 1.807) is 0 Å². The van der Waals surface area contributed by atoms with Gasteiger partial charge in [-0.25, -0.2) is 24.9 Å². The minimum Gasteiger partial charge on any atom is -0.309 e. The fourth-order valence-electron chi connectivity index (χ4n) is 8.67. The quantitative estimate of drug-likeness (QED) is 0.170. The van der Waals surface area contributed by atoms with Crippen molar-refractivity contribution >= 4 is 21.8 Å². The standard InChI is InChI=1S/C52H36N6/c1-52(2)42-27-14-12-26-40(42)47-45(52)46(53-50(54-47)37-29-30-44-41(32-37)39-25-13-15-28-43(39)58(44)38-23-10-5-11-24-38)35-21-16-22-36(31-35)51-56-48(33-17-6-3-7-18-33)55-49(57-51)34-19-8-4-9-20-34/h3-32H,1-2H3. The molecule has 3 aromatic heterocycles. The fourth-order valence-corrected chi connectivity index (χ4v) is 8.67. The molecule has 0 aliphatic heterocycles. The minimum absolute atomic E-state index is 0.336. The van der Waals surface area contributed by atoms with Crippen LogP contribution in [0.15, 0.2) is 182 Å².